The standard InChI is InChI=1S/C21H33N5O4S/c1-4-5-9-23-16-6-7-18(25-19(27)8-10-29-11-12-30-22)17(13-16)20(28)26-21-24-14(2)15(3)31-21/h6-7,13,21,23-24H,4-5,8-12,22H2,1-3H3,(H,25,27)(H,26,28). The van der Waals surface area contributed by atoms with E-state index >= 15 is 0 Å². The van der Waals surface area contributed by atoms with Crippen molar-refractivity contribution in [2.45, 2.75) is 45.5 Å². The van der Waals surface area contributed by atoms with Gasteiger partial charge in [-0.25, -0.2) is 5.90 Å². The molecule has 1 aromatic rings. The molecule has 2 amide bonds. The Morgan fingerprint density at radius 3 is 2.71 bits per heavy atom. The van der Waals surface area contributed by atoms with Crippen LogP contribution in [-0.2, 0) is 14.4 Å². The minimum Gasteiger partial charge on any atom is -0.385 e. The van der Waals surface area contributed by atoms with Crippen LogP contribution < -0.4 is 27.2 Å². The van der Waals surface area contributed by atoms with Crippen LogP contribution in [0.2, 0.25) is 0 Å². The van der Waals surface area contributed by atoms with E-state index in [1.165, 1.54) is 0 Å². The van der Waals surface area contributed by atoms with Gasteiger partial charge in [-0.15, -0.1) is 0 Å². The monoisotopic (exact) mass is 451 g/mol. The molecule has 0 spiro atoms. The predicted octanol–water partition coefficient (Wildman–Crippen LogP) is 2.74. The molecule has 0 radical (unpaired) electrons. The van der Waals surface area contributed by atoms with E-state index in [2.05, 4.69) is 33.0 Å². The molecule has 1 atom stereocenters. The molecule has 0 bridgehead atoms. The summed E-state index contributed by atoms with van der Waals surface area (Å²) in [4.78, 5) is 30.9. The Morgan fingerprint density at radius 1 is 1.23 bits per heavy atom. The maximum absolute atomic E-state index is 13.0. The highest BCUT2D eigenvalue weighted by molar-refractivity contribution is 8.03. The minimum absolute atomic E-state index is 0.157. The van der Waals surface area contributed by atoms with E-state index in [4.69, 9.17) is 10.6 Å². The molecule has 9 nitrogen and oxygen atoms in total. The number of hydrogen-bond donors (Lipinski definition) is 5. The number of hydrogen-bond acceptors (Lipinski definition) is 8. The number of nitrogens with one attached hydrogen (secondary N) is 4. The van der Waals surface area contributed by atoms with E-state index in [0.717, 1.165) is 35.7 Å². The number of nitrogens with two attached hydrogens (primary N) is 1. The van der Waals surface area contributed by atoms with E-state index in [-0.39, 0.29) is 36.9 Å². The van der Waals surface area contributed by atoms with E-state index in [9.17, 15) is 9.59 Å². The first-order valence-electron chi connectivity index (χ1n) is 10.4. The predicted molar refractivity (Wildman–Crippen MR) is 124 cm³/mol. The van der Waals surface area contributed by atoms with Gasteiger partial charge in [0.2, 0.25) is 5.91 Å². The number of allylic oxidation sites excluding steroid dienone is 2. The normalized spacial score (nSPS) is 15.5. The van der Waals surface area contributed by atoms with Gasteiger partial charge in [0.05, 0.1) is 37.5 Å². The lowest BCUT2D eigenvalue weighted by atomic mass is 10.1. The first-order valence-corrected chi connectivity index (χ1v) is 11.3. The molecule has 0 fully saturated rings. The van der Waals surface area contributed by atoms with Gasteiger partial charge in [-0.05, 0) is 38.5 Å². The molecule has 31 heavy (non-hydrogen) atoms. The third-order valence-electron chi connectivity index (χ3n) is 4.65. The lowest BCUT2D eigenvalue weighted by Crippen LogP contribution is -2.40. The summed E-state index contributed by atoms with van der Waals surface area (Å²) >= 11 is 1.55. The van der Waals surface area contributed by atoms with Crippen molar-refractivity contribution in [3.63, 3.8) is 0 Å². The fourth-order valence-corrected chi connectivity index (χ4v) is 3.79. The van der Waals surface area contributed by atoms with Gasteiger partial charge in [0.15, 0.2) is 5.50 Å². The molecular weight excluding hydrogens is 418 g/mol. The summed E-state index contributed by atoms with van der Waals surface area (Å²) in [6, 6.07) is 5.37. The Labute approximate surface area is 187 Å². The zero-order valence-electron chi connectivity index (χ0n) is 18.4. The Bertz CT molecular complexity index is 773. The second-order valence-corrected chi connectivity index (χ2v) is 8.44. The van der Waals surface area contributed by atoms with Crippen molar-refractivity contribution in [1.29, 1.82) is 0 Å². The number of rotatable bonds is 13. The van der Waals surface area contributed by atoms with Crippen LogP contribution in [0.15, 0.2) is 28.8 Å². The van der Waals surface area contributed by atoms with E-state index in [1.54, 1.807) is 23.9 Å². The van der Waals surface area contributed by atoms with Crippen molar-refractivity contribution in [3.8, 4) is 0 Å². The largest absolute Gasteiger partial charge is 0.385 e. The van der Waals surface area contributed by atoms with Crippen molar-refractivity contribution in [2.24, 2.45) is 5.90 Å². The smallest absolute Gasteiger partial charge is 0.255 e. The molecule has 2 rings (SSSR count). The molecule has 10 heteroatoms. The van der Waals surface area contributed by atoms with Crippen molar-refractivity contribution < 1.29 is 19.2 Å². The minimum atomic E-state index is -0.265. The summed E-state index contributed by atoms with van der Waals surface area (Å²) < 4.78 is 5.27. The fraction of sp³-hybridized carbons (Fsp3) is 0.524. The topological polar surface area (TPSA) is 127 Å². The number of anilines is 2. The average Bonchev–Trinajstić information content (AvgIpc) is 3.05. The third-order valence-corrected chi connectivity index (χ3v) is 5.78. The second-order valence-electron chi connectivity index (χ2n) is 7.12. The van der Waals surface area contributed by atoms with Crippen LogP contribution in [0, 0.1) is 0 Å². The number of benzene rings is 1. The number of carbonyl (C=O) groups is 2. The maximum Gasteiger partial charge on any atom is 0.255 e. The molecular formula is C21H33N5O4S. The highest BCUT2D eigenvalue weighted by Crippen LogP contribution is 2.28. The molecule has 1 aliphatic heterocycles. The highest BCUT2D eigenvalue weighted by atomic mass is 32.2. The zero-order chi connectivity index (χ0) is 22.6. The summed E-state index contributed by atoms with van der Waals surface area (Å²) in [5, 5.41) is 12.3. The molecule has 0 aromatic heterocycles. The number of ether oxygens (including phenoxy) is 1. The molecule has 1 aliphatic rings. The molecule has 1 aromatic carbocycles. The number of carbonyl (C=O) groups excluding carboxylic acids is 2. The molecule has 6 N–H and O–H groups in total. The number of amides is 2. The summed E-state index contributed by atoms with van der Waals surface area (Å²) in [6.07, 6.45) is 2.26. The molecule has 1 unspecified atom stereocenters. The Kier molecular flexibility index (Phi) is 10.6. The van der Waals surface area contributed by atoms with Crippen LogP contribution in [0.1, 0.15) is 50.4 Å². The summed E-state index contributed by atoms with van der Waals surface area (Å²) in [5.41, 5.74) is 2.49. The van der Waals surface area contributed by atoms with Gasteiger partial charge < -0.3 is 30.8 Å². The van der Waals surface area contributed by atoms with Gasteiger partial charge in [0, 0.05) is 22.8 Å². The van der Waals surface area contributed by atoms with Crippen LogP contribution in [0.3, 0.4) is 0 Å². The van der Waals surface area contributed by atoms with Gasteiger partial charge in [-0.1, -0.05) is 25.1 Å². The van der Waals surface area contributed by atoms with Crippen molar-refractivity contribution in [1.82, 2.24) is 10.6 Å². The van der Waals surface area contributed by atoms with Gasteiger partial charge >= 0.3 is 0 Å². The van der Waals surface area contributed by atoms with Crippen molar-refractivity contribution in [2.75, 3.05) is 37.0 Å². The maximum atomic E-state index is 13.0. The lowest BCUT2D eigenvalue weighted by Gasteiger charge is -2.17. The first-order chi connectivity index (χ1) is 14.9. The van der Waals surface area contributed by atoms with Crippen LogP contribution in [0.5, 0.6) is 0 Å². The second kappa shape index (κ2) is 13.2. The summed E-state index contributed by atoms with van der Waals surface area (Å²) in [5.74, 6) is 4.43. The number of unbranched alkanes of at least 4 members (excludes halogenated alkanes) is 1. The van der Waals surface area contributed by atoms with E-state index in [1.807, 2.05) is 19.9 Å². The number of thioether (sulfide) groups is 1. The molecule has 0 saturated heterocycles. The third kappa shape index (κ3) is 8.41. The molecule has 0 aliphatic carbocycles. The lowest BCUT2D eigenvalue weighted by molar-refractivity contribution is -0.117. The van der Waals surface area contributed by atoms with Gasteiger partial charge in [0.1, 0.15) is 0 Å². The SMILES string of the molecule is CCCCNc1ccc(NC(=O)CCOCCON)c(C(=O)NC2NC(C)=C(C)S2)c1. The van der Waals surface area contributed by atoms with E-state index < -0.39 is 0 Å². The van der Waals surface area contributed by atoms with Crippen molar-refractivity contribution >= 4 is 35.0 Å². The molecule has 1 heterocycles. The zero-order valence-corrected chi connectivity index (χ0v) is 19.2. The quantitative estimate of drug-likeness (QED) is 0.229. The summed E-state index contributed by atoms with van der Waals surface area (Å²) in [6.45, 7) is 7.73. The summed E-state index contributed by atoms with van der Waals surface area (Å²) in [7, 11) is 0. The Morgan fingerprint density at radius 2 is 2.03 bits per heavy atom. The first kappa shape index (κ1) is 25.0. The van der Waals surface area contributed by atoms with Crippen molar-refractivity contribution in [3.05, 3.63) is 34.4 Å². The van der Waals surface area contributed by atoms with Crippen LogP contribution >= 0.6 is 11.8 Å². The molecule has 172 valence electrons. The van der Waals surface area contributed by atoms with Gasteiger partial charge in [-0.3, -0.25) is 9.59 Å². The Balaban J connectivity index is 2.05. The van der Waals surface area contributed by atoms with Gasteiger partial charge in [-0.2, -0.15) is 0 Å². The highest BCUT2D eigenvalue weighted by Gasteiger charge is 2.23. The van der Waals surface area contributed by atoms with Crippen LogP contribution in [-0.4, -0.2) is 43.7 Å². The van der Waals surface area contributed by atoms with Gasteiger partial charge in [0.25, 0.3) is 5.91 Å². The molecule has 0 saturated carbocycles. The van der Waals surface area contributed by atoms with E-state index in [0.29, 0.717) is 17.9 Å². The van der Waals surface area contributed by atoms with Crippen LogP contribution in [0.4, 0.5) is 11.4 Å². The van der Waals surface area contributed by atoms with Crippen LogP contribution in [0.25, 0.3) is 0 Å². The Hall–Kier alpha value is -2.27. The fourth-order valence-electron chi connectivity index (χ4n) is 2.80. The average molecular weight is 452 g/mol.